The van der Waals surface area contributed by atoms with Crippen LogP contribution < -0.4 is 5.32 Å². The van der Waals surface area contributed by atoms with Crippen LogP contribution in [0.1, 0.15) is 6.92 Å². The summed E-state index contributed by atoms with van der Waals surface area (Å²) in [5.74, 6) is -0.245. The van der Waals surface area contributed by atoms with E-state index in [-0.39, 0.29) is 11.3 Å². The van der Waals surface area contributed by atoms with Gasteiger partial charge in [-0.25, -0.2) is 0 Å². The molecule has 2 aliphatic rings. The Hall–Kier alpha value is -1.85. The molecule has 3 N–H and O–H groups in total. The summed E-state index contributed by atoms with van der Waals surface area (Å²) in [5.41, 5.74) is 0.355. The van der Waals surface area contributed by atoms with Gasteiger partial charge in [0, 0.05) is 0 Å². The molecule has 0 aromatic rings. The molecular weight excluding hydrogens is 234 g/mol. The monoisotopic (exact) mass is 249 g/mol. The molecule has 18 heavy (non-hydrogen) atoms. The number of ether oxygens (including phenoxy) is 1. The third-order valence-electron chi connectivity index (χ3n) is 2.84. The fraction of sp³-hybridized carbons (Fsp3) is 0.308. The number of amides is 1. The molecule has 2 aliphatic heterocycles. The maximum absolute atomic E-state index is 11.5. The van der Waals surface area contributed by atoms with E-state index in [1.165, 1.54) is 0 Å². The predicted octanol–water partition coefficient (Wildman–Crippen LogP) is 0.137. The van der Waals surface area contributed by atoms with Gasteiger partial charge in [-0.1, -0.05) is 24.8 Å². The van der Waals surface area contributed by atoms with Crippen molar-refractivity contribution < 1.29 is 19.7 Å². The predicted molar refractivity (Wildman–Crippen MR) is 65.1 cm³/mol. The molecule has 2 rings (SSSR count). The van der Waals surface area contributed by atoms with Crippen molar-refractivity contribution >= 4 is 5.91 Å². The number of rotatable bonds is 2. The second-order valence-electron chi connectivity index (χ2n) is 4.10. The molecule has 96 valence electrons. The maximum Gasteiger partial charge on any atom is 0.258 e. The van der Waals surface area contributed by atoms with E-state index in [9.17, 15) is 15.0 Å². The Morgan fingerprint density at radius 2 is 2.11 bits per heavy atom. The van der Waals surface area contributed by atoms with Crippen molar-refractivity contribution in [2.75, 3.05) is 0 Å². The van der Waals surface area contributed by atoms with Gasteiger partial charge in [0.05, 0.1) is 11.3 Å². The minimum atomic E-state index is -1.27. The maximum atomic E-state index is 11.5. The van der Waals surface area contributed by atoms with Gasteiger partial charge in [0.15, 0.2) is 5.76 Å². The summed E-state index contributed by atoms with van der Waals surface area (Å²) in [6.07, 6.45) is 3.77. The van der Waals surface area contributed by atoms with Gasteiger partial charge in [0.1, 0.15) is 18.3 Å². The van der Waals surface area contributed by atoms with E-state index in [1.54, 1.807) is 18.2 Å². The molecule has 0 spiro atoms. The number of hydrogen-bond donors (Lipinski definition) is 3. The van der Waals surface area contributed by atoms with Crippen LogP contribution in [-0.4, -0.2) is 34.4 Å². The molecule has 5 heteroatoms. The molecule has 0 saturated carbocycles. The number of carbonyl (C=O) groups is 1. The number of aliphatic hydroxyl groups excluding tert-OH is 2. The molecular formula is C13H15NO4. The third-order valence-corrected chi connectivity index (χ3v) is 2.84. The van der Waals surface area contributed by atoms with Gasteiger partial charge >= 0.3 is 0 Å². The molecule has 0 unspecified atom stereocenters. The Labute approximate surface area is 105 Å². The molecule has 0 aromatic carbocycles. The summed E-state index contributed by atoms with van der Waals surface area (Å²) in [7, 11) is 0. The van der Waals surface area contributed by atoms with E-state index in [2.05, 4.69) is 11.9 Å². The zero-order valence-electron chi connectivity index (χ0n) is 9.96. The Bertz CT molecular complexity index is 475. The van der Waals surface area contributed by atoms with Crippen LogP contribution in [0.15, 0.2) is 47.9 Å². The highest BCUT2D eigenvalue weighted by atomic mass is 16.5. The SMILES string of the molecule is C=C1NC(=O)C2=C1O[C@@H](/C=C/C=C/C)[C@H](O)[C@H]2O. The van der Waals surface area contributed by atoms with Crippen LogP contribution in [0.2, 0.25) is 0 Å². The standard InChI is InChI=1S/C13H15NO4/c1-3-4-5-6-8-10(15)11(16)9-12(18-8)7(2)14-13(9)17/h3-6,8,10-11,15-16H,2H2,1H3,(H,14,17)/b4-3+,6-5+/t8-,10-,11-/m0/s1. The van der Waals surface area contributed by atoms with E-state index in [4.69, 9.17) is 4.74 Å². The molecule has 5 nitrogen and oxygen atoms in total. The number of nitrogens with one attached hydrogen (secondary N) is 1. The minimum Gasteiger partial charge on any atom is -0.481 e. The first-order valence-corrected chi connectivity index (χ1v) is 5.63. The van der Waals surface area contributed by atoms with Crippen molar-refractivity contribution in [1.82, 2.24) is 5.32 Å². The van der Waals surface area contributed by atoms with Gasteiger partial charge in [-0.2, -0.15) is 0 Å². The Morgan fingerprint density at radius 1 is 1.39 bits per heavy atom. The lowest BCUT2D eigenvalue weighted by atomic mass is 9.96. The lowest BCUT2D eigenvalue weighted by molar-refractivity contribution is -0.119. The van der Waals surface area contributed by atoms with Gasteiger partial charge < -0.3 is 20.3 Å². The smallest absolute Gasteiger partial charge is 0.258 e. The molecule has 3 atom stereocenters. The van der Waals surface area contributed by atoms with Gasteiger partial charge in [0.2, 0.25) is 0 Å². The Morgan fingerprint density at radius 3 is 2.78 bits per heavy atom. The molecule has 1 amide bonds. The normalized spacial score (nSPS) is 32.1. The summed E-state index contributed by atoms with van der Waals surface area (Å²) in [5, 5.41) is 22.3. The van der Waals surface area contributed by atoms with Gasteiger partial charge in [-0.15, -0.1) is 0 Å². The summed E-state index contributed by atoms with van der Waals surface area (Å²) in [4.78, 5) is 11.5. The van der Waals surface area contributed by atoms with Crippen molar-refractivity contribution in [2.24, 2.45) is 0 Å². The first kappa shape index (κ1) is 12.6. The fourth-order valence-electron chi connectivity index (χ4n) is 1.92. The molecule has 0 saturated heterocycles. The number of carbonyl (C=O) groups excluding carboxylic acids is 1. The second-order valence-corrected chi connectivity index (χ2v) is 4.10. The lowest BCUT2D eigenvalue weighted by Crippen LogP contribution is -2.44. The zero-order chi connectivity index (χ0) is 13.3. The summed E-state index contributed by atoms with van der Waals surface area (Å²) in [6.45, 7) is 5.49. The van der Waals surface area contributed by atoms with Crippen molar-refractivity contribution in [2.45, 2.75) is 25.2 Å². The van der Waals surface area contributed by atoms with Crippen molar-refractivity contribution in [3.63, 3.8) is 0 Å². The third kappa shape index (κ3) is 1.98. The minimum absolute atomic E-state index is 0.0446. The van der Waals surface area contributed by atoms with Crippen LogP contribution in [0.4, 0.5) is 0 Å². The zero-order valence-corrected chi connectivity index (χ0v) is 9.96. The Kier molecular flexibility index (Phi) is 3.36. The van der Waals surface area contributed by atoms with Crippen LogP contribution >= 0.6 is 0 Å². The van der Waals surface area contributed by atoms with E-state index < -0.39 is 24.2 Å². The topological polar surface area (TPSA) is 78.8 Å². The summed E-state index contributed by atoms with van der Waals surface area (Å²) < 4.78 is 5.49. The average molecular weight is 249 g/mol. The first-order valence-electron chi connectivity index (χ1n) is 5.63. The summed E-state index contributed by atoms with van der Waals surface area (Å²) >= 11 is 0. The molecule has 0 fully saturated rings. The van der Waals surface area contributed by atoms with Gasteiger partial charge in [0.25, 0.3) is 5.91 Å². The van der Waals surface area contributed by atoms with Crippen molar-refractivity contribution in [1.29, 1.82) is 0 Å². The van der Waals surface area contributed by atoms with Crippen LogP contribution in [0.25, 0.3) is 0 Å². The van der Waals surface area contributed by atoms with Crippen LogP contribution in [-0.2, 0) is 9.53 Å². The number of allylic oxidation sites excluding steroid dienone is 3. The first-order chi connectivity index (χ1) is 8.56. The second kappa shape index (κ2) is 4.80. The number of aliphatic hydroxyl groups is 2. The van der Waals surface area contributed by atoms with Crippen LogP contribution in [0.5, 0.6) is 0 Å². The van der Waals surface area contributed by atoms with Crippen LogP contribution in [0.3, 0.4) is 0 Å². The lowest BCUT2D eigenvalue weighted by Gasteiger charge is -2.30. The average Bonchev–Trinajstić information content (AvgIpc) is 2.61. The fourth-order valence-corrected chi connectivity index (χ4v) is 1.92. The highest BCUT2D eigenvalue weighted by molar-refractivity contribution is 6.00. The molecule has 0 bridgehead atoms. The Balaban J connectivity index is 2.28. The summed E-state index contributed by atoms with van der Waals surface area (Å²) in [6, 6.07) is 0. The van der Waals surface area contributed by atoms with Crippen LogP contribution in [0, 0.1) is 0 Å². The van der Waals surface area contributed by atoms with Gasteiger partial charge in [-0.3, -0.25) is 4.79 Å². The molecule has 2 heterocycles. The quantitative estimate of drug-likeness (QED) is 0.608. The molecule has 0 aliphatic carbocycles. The number of hydrogen-bond acceptors (Lipinski definition) is 4. The van der Waals surface area contributed by atoms with E-state index >= 15 is 0 Å². The van der Waals surface area contributed by atoms with Gasteiger partial charge in [-0.05, 0) is 13.0 Å². The van der Waals surface area contributed by atoms with E-state index in [0.717, 1.165) is 0 Å². The molecule has 0 aromatic heterocycles. The van der Waals surface area contributed by atoms with E-state index in [1.807, 2.05) is 13.0 Å². The molecule has 0 radical (unpaired) electrons. The van der Waals surface area contributed by atoms with Crippen molar-refractivity contribution in [3.05, 3.63) is 47.9 Å². The highest BCUT2D eigenvalue weighted by Gasteiger charge is 2.44. The van der Waals surface area contributed by atoms with Crippen molar-refractivity contribution in [3.8, 4) is 0 Å². The highest BCUT2D eigenvalue weighted by Crippen LogP contribution is 2.32. The largest absolute Gasteiger partial charge is 0.481 e. The van der Waals surface area contributed by atoms with E-state index in [0.29, 0.717) is 5.70 Å².